The van der Waals surface area contributed by atoms with Crippen LogP contribution < -0.4 is 10.6 Å². The van der Waals surface area contributed by atoms with Crippen LogP contribution >= 0.6 is 0 Å². The van der Waals surface area contributed by atoms with E-state index in [0.29, 0.717) is 11.5 Å². The number of carbonyl (C=O) groups excluding carboxylic acids is 2. The fraction of sp³-hybridized carbons (Fsp3) is 0.346. The molecule has 3 aromatic rings. The summed E-state index contributed by atoms with van der Waals surface area (Å²) in [6.07, 6.45) is 0. The van der Waals surface area contributed by atoms with E-state index in [-0.39, 0.29) is 30.8 Å². The zero-order chi connectivity index (χ0) is 27.2. The van der Waals surface area contributed by atoms with Gasteiger partial charge < -0.3 is 20.3 Å². The number of aryl methyl sites for hydroxylation is 1. The molecule has 0 saturated carbocycles. The van der Waals surface area contributed by atoms with Gasteiger partial charge in [-0.25, -0.2) is 9.48 Å². The molecule has 0 aliphatic heterocycles. The van der Waals surface area contributed by atoms with E-state index >= 15 is 0 Å². The van der Waals surface area contributed by atoms with Crippen molar-refractivity contribution in [2.45, 2.75) is 33.1 Å². The monoisotopic (exact) mass is 508 g/mol. The summed E-state index contributed by atoms with van der Waals surface area (Å²) in [4.78, 5) is 37.6. The van der Waals surface area contributed by atoms with Crippen molar-refractivity contribution < 1.29 is 19.2 Å². The molecular formula is C26H32N6O5. The topological polar surface area (TPSA) is 132 Å². The second-order valence-electron chi connectivity index (χ2n) is 9.61. The Morgan fingerprint density at radius 2 is 1.73 bits per heavy atom. The van der Waals surface area contributed by atoms with Crippen LogP contribution in [-0.4, -0.2) is 58.3 Å². The second kappa shape index (κ2) is 11.7. The first kappa shape index (κ1) is 27.3. The molecule has 37 heavy (non-hydrogen) atoms. The normalized spacial score (nSPS) is 11.2. The third-order valence-electron chi connectivity index (χ3n) is 5.54. The van der Waals surface area contributed by atoms with Crippen LogP contribution in [0, 0.1) is 17.0 Å². The number of rotatable bonds is 9. The van der Waals surface area contributed by atoms with Crippen LogP contribution in [0.5, 0.6) is 0 Å². The maximum Gasteiger partial charge on any atom is 0.322 e. The minimum Gasteiger partial charge on any atom is -0.383 e. The molecule has 2 N–H and O–H groups in total. The van der Waals surface area contributed by atoms with Crippen molar-refractivity contribution in [3.8, 4) is 5.69 Å². The smallest absolute Gasteiger partial charge is 0.322 e. The van der Waals surface area contributed by atoms with E-state index in [9.17, 15) is 19.7 Å². The molecule has 0 atom stereocenters. The van der Waals surface area contributed by atoms with Crippen LogP contribution in [0.1, 0.15) is 32.0 Å². The number of anilines is 2. The lowest BCUT2D eigenvalue weighted by molar-refractivity contribution is -0.384. The summed E-state index contributed by atoms with van der Waals surface area (Å²) in [6.45, 7) is 8.24. The molecule has 3 amide bonds. The van der Waals surface area contributed by atoms with Gasteiger partial charge in [0.1, 0.15) is 12.4 Å². The van der Waals surface area contributed by atoms with Gasteiger partial charge in [-0.3, -0.25) is 14.9 Å². The number of non-ortho nitro benzene ring substituents is 1. The Bertz CT molecular complexity index is 1250. The number of benzene rings is 2. The minimum atomic E-state index is -0.538. The number of nitrogens with zero attached hydrogens (tertiary/aromatic N) is 4. The van der Waals surface area contributed by atoms with Crippen LogP contribution in [0.2, 0.25) is 0 Å². The van der Waals surface area contributed by atoms with Gasteiger partial charge in [0.25, 0.3) is 5.69 Å². The number of aromatic nitrogens is 2. The Kier molecular flexibility index (Phi) is 8.61. The van der Waals surface area contributed by atoms with E-state index in [4.69, 9.17) is 9.84 Å². The molecule has 0 fully saturated rings. The number of hydrogen-bond acceptors (Lipinski definition) is 6. The van der Waals surface area contributed by atoms with Crippen molar-refractivity contribution in [2.24, 2.45) is 0 Å². The molecule has 3 rings (SSSR count). The van der Waals surface area contributed by atoms with E-state index in [0.717, 1.165) is 16.9 Å². The predicted molar refractivity (Wildman–Crippen MR) is 141 cm³/mol. The Morgan fingerprint density at radius 3 is 2.30 bits per heavy atom. The molecule has 196 valence electrons. The molecule has 0 spiro atoms. The molecule has 2 aromatic carbocycles. The number of nitro groups is 1. The van der Waals surface area contributed by atoms with Crippen LogP contribution in [0.25, 0.3) is 5.69 Å². The maximum atomic E-state index is 13.1. The average Bonchev–Trinajstić information content (AvgIpc) is 3.26. The number of carbonyl (C=O) groups is 2. The Labute approximate surface area is 215 Å². The minimum absolute atomic E-state index is 0.0894. The van der Waals surface area contributed by atoms with Gasteiger partial charge >= 0.3 is 6.03 Å². The molecule has 1 aromatic heterocycles. The summed E-state index contributed by atoms with van der Waals surface area (Å²) in [5.41, 5.74) is 2.73. The summed E-state index contributed by atoms with van der Waals surface area (Å²) >= 11 is 0. The SMILES string of the molecule is COCCN(CC(=O)Nc1cc(C(C)(C)C)nn1-c1ccc(C)cc1)C(=O)Nc1ccc([N+](=O)[O-])cc1. The first-order valence-electron chi connectivity index (χ1n) is 11.7. The van der Waals surface area contributed by atoms with Crippen LogP contribution in [-0.2, 0) is 14.9 Å². The lowest BCUT2D eigenvalue weighted by Crippen LogP contribution is -2.42. The lowest BCUT2D eigenvalue weighted by Gasteiger charge is -2.22. The molecular weight excluding hydrogens is 476 g/mol. The fourth-order valence-electron chi connectivity index (χ4n) is 3.40. The van der Waals surface area contributed by atoms with Gasteiger partial charge in [0.05, 0.1) is 22.9 Å². The van der Waals surface area contributed by atoms with Gasteiger partial charge in [-0.2, -0.15) is 5.10 Å². The summed E-state index contributed by atoms with van der Waals surface area (Å²) < 4.78 is 6.77. The lowest BCUT2D eigenvalue weighted by atomic mass is 9.92. The Balaban J connectivity index is 1.78. The molecule has 11 nitrogen and oxygen atoms in total. The zero-order valence-electron chi connectivity index (χ0n) is 21.6. The molecule has 0 aliphatic rings. The summed E-state index contributed by atoms with van der Waals surface area (Å²) in [5, 5.41) is 21.1. The molecule has 0 unspecified atom stereocenters. The molecule has 0 saturated heterocycles. The molecule has 0 aliphatic carbocycles. The third kappa shape index (κ3) is 7.37. The van der Waals surface area contributed by atoms with Crippen molar-refractivity contribution in [1.29, 1.82) is 0 Å². The van der Waals surface area contributed by atoms with Crippen molar-refractivity contribution in [1.82, 2.24) is 14.7 Å². The van der Waals surface area contributed by atoms with E-state index in [1.807, 2.05) is 58.0 Å². The van der Waals surface area contributed by atoms with Crippen LogP contribution in [0.3, 0.4) is 0 Å². The highest BCUT2D eigenvalue weighted by atomic mass is 16.6. The van der Waals surface area contributed by atoms with Crippen LogP contribution in [0.4, 0.5) is 22.0 Å². The van der Waals surface area contributed by atoms with Crippen molar-refractivity contribution in [3.63, 3.8) is 0 Å². The van der Waals surface area contributed by atoms with Gasteiger partial charge in [-0.1, -0.05) is 38.5 Å². The van der Waals surface area contributed by atoms with Crippen molar-refractivity contribution >= 4 is 29.1 Å². The largest absolute Gasteiger partial charge is 0.383 e. The van der Waals surface area contributed by atoms with Crippen LogP contribution in [0.15, 0.2) is 54.6 Å². The molecule has 0 radical (unpaired) electrons. The molecule has 0 bridgehead atoms. The van der Waals surface area contributed by atoms with Gasteiger partial charge in [0, 0.05) is 43.0 Å². The highest BCUT2D eigenvalue weighted by Gasteiger charge is 2.23. The first-order valence-corrected chi connectivity index (χ1v) is 11.7. The fourth-order valence-corrected chi connectivity index (χ4v) is 3.40. The number of amides is 3. The number of urea groups is 1. The summed E-state index contributed by atoms with van der Waals surface area (Å²) in [5.74, 6) is 0.0740. The number of nitrogens with one attached hydrogen (secondary N) is 2. The van der Waals surface area contributed by atoms with Gasteiger partial charge in [0.15, 0.2) is 0 Å². The molecule has 11 heteroatoms. The van der Waals surface area contributed by atoms with Gasteiger partial charge in [-0.15, -0.1) is 0 Å². The van der Waals surface area contributed by atoms with E-state index in [2.05, 4.69) is 10.6 Å². The van der Waals surface area contributed by atoms with E-state index < -0.39 is 16.9 Å². The van der Waals surface area contributed by atoms with E-state index in [1.54, 1.807) is 4.68 Å². The van der Waals surface area contributed by atoms with E-state index in [1.165, 1.54) is 36.3 Å². The quantitative estimate of drug-likeness (QED) is 0.323. The zero-order valence-corrected chi connectivity index (χ0v) is 21.6. The first-order chi connectivity index (χ1) is 17.5. The van der Waals surface area contributed by atoms with Gasteiger partial charge in [0.2, 0.25) is 5.91 Å². The van der Waals surface area contributed by atoms with Gasteiger partial charge in [-0.05, 0) is 31.2 Å². The Hall–Kier alpha value is -4.25. The van der Waals surface area contributed by atoms with Crippen molar-refractivity contribution in [3.05, 3.63) is 76.0 Å². The predicted octanol–water partition coefficient (Wildman–Crippen LogP) is 4.51. The highest BCUT2D eigenvalue weighted by molar-refractivity contribution is 5.96. The second-order valence-corrected chi connectivity index (χ2v) is 9.61. The Morgan fingerprint density at radius 1 is 1.08 bits per heavy atom. The summed E-state index contributed by atoms with van der Waals surface area (Å²) in [7, 11) is 1.50. The third-order valence-corrected chi connectivity index (χ3v) is 5.54. The molecule has 1 heterocycles. The number of nitro benzene ring substituents is 1. The maximum absolute atomic E-state index is 13.1. The summed E-state index contributed by atoms with van der Waals surface area (Å²) in [6, 6.07) is 14.5. The standard InChI is InChI=1S/C26H32N6O5/c1-18-6-10-20(11-7-18)31-23(16-22(29-31)26(2,3)4)28-24(33)17-30(14-15-37-5)25(34)27-19-8-12-21(13-9-19)32(35)36/h6-13,16H,14-15,17H2,1-5H3,(H,27,34)(H,28,33). The number of methoxy groups -OCH3 is 1. The van der Waals surface area contributed by atoms with Crippen molar-refractivity contribution in [2.75, 3.05) is 37.4 Å². The number of ether oxygens (including phenoxy) is 1. The number of hydrogen-bond donors (Lipinski definition) is 2. The highest BCUT2D eigenvalue weighted by Crippen LogP contribution is 2.26. The average molecular weight is 509 g/mol.